The monoisotopic (exact) mass is 416 g/mol. The van der Waals surface area contributed by atoms with Gasteiger partial charge in [0.2, 0.25) is 17.7 Å². The average molecular weight is 416 g/mol. The molecule has 7 nitrogen and oxygen atoms in total. The van der Waals surface area contributed by atoms with E-state index in [9.17, 15) is 14.4 Å². The number of para-hydroxylation sites is 1. The molecule has 3 aromatic rings. The van der Waals surface area contributed by atoms with E-state index >= 15 is 0 Å². The zero-order valence-electron chi connectivity index (χ0n) is 16.8. The fraction of sp³-hybridized carbons (Fsp3) is 0.292. The zero-order chi connectivity index (χ0) is 21.3. The summed E-state index contributed by atoms with van der Waals surface area (Å²) in [6.45, 7) is -0.300. The molecule has 6 rings (SSSR count). The van der Waals surface area contributed by atoms with Crippen molar-refractivity contribution in [3.63, 3.8) is 0 Å². The summed E-state index contributed by atoms with van der Waals surface area (Å²) in [5.41, 5.74) is 1.79. The number of methoxy groups -OCH3 is 1. The second kappa shape index (κ2) is 6.44. The number of imide groups is 1. The van der Waals surface area contributed by atoms with Crippen LogP contribution in [0.1, 0.15) is 6.42 Å². The SMILES string of the molecule is COc1cc2c(cc1NC(=O)CN1C(=O)[C@@H]3[C@@H](C1=O)[C@@H]1C=C[C@@H]3C1)oc1ccccc12. The van der Waals surface area contributed by atoms with E-state index in [2.05, 4.69) is 5.32 Å². The van der Waals surface area contributed by atoms with Crippen LogP contribution in [-0.4, -0.2) is 36.3 Å². The van der Waals surface area contributed by atoms with Gasteiger partial charge in [-0.2, -0.15) is 0 Å². The molecule has 1 saturated heterocycles. The maximum absolute atomic E-state index is 12.8. The van der Waals surface area contributed by atoms with Gasteiger partial charge in [0.1, 0.15) is 23.5 Å². The Hall–Kier alpha value is -3.61. The minimum atomic E-state index is -0.448. The Labute approximate surface area is 177 Å². The van der Waals surface area contributed by atoms with Crippen LogP contribution in [0.2, 0.25) is 0 Å². The van der Waals surface area contributed by atoms with Crippen LogP contribution in [0.4, 0.5) is 5.69 Å². The number of likely N-dealkylation sites (tertiary alicyclic amines) is 1. The van der Waals surface area contributed by atoms with Crippen molar-refractivity contribution in [1.82, 2.24) is 4.90 Å². The number of nitrogens with one attached hydrogen (secondary N) is 1. The van der Waals surface area contributed by atoms with Gasteiger partial charge in [-0.25, -0.2) is 0 Å². The van der Waals surface area contributed by atoms with Crippen molar-refractivity contribution in [1.29, 1.82) is 0 Å². The molecule has 2 aromatic carbocycles. The van der Waals surface area contributed by atoms with E-state index in [-0.39, 0.29) is 42.0 Å². The zero-order valence-corrected chi connectivity index (χ0v) is 16.8. The molecule has 4 atom stereocenters. The molecule has 2 heterocycles. The molecule has 2 fully saturated rings. The first-order valence-electron chi connectivity index (χ1n) is 10.4. The highest BCUT2D eigenvalue weighted by atomic mass is 16.5. The van der Waals surface area contributed by atoms with Crippen molar-refractivity contribution in [3.8, 4) is 5.75 Å². The van der Waals surface area contributed by atoms with Gasteiger partial charge in [0.25, 0.3) is 0 Å². The van der Waals surface area contributed by atoms with Gasteiger partial charge in [-0.05, 0) is 30.4 Å². The predicted molar refractivity (Wildman–Crippen MR) is 113 cm³/mol. The van der Waals surface area contributed by atoms with Crippen LogP contribution >= 0.6 is 0 Å². The van der Waals surface area contributed by atoms with E-state index in [1.54, 1.807) is 6.07 Å². The molecule has 2 bridgehead atoms. The summed E-state index contributed by atoms with van der Waals surface area (Å²) in [6, 6.07) is 11.2. The molecule has 156 valence electrons. The van der Waals surface area contributed by atoms with E-state index in [0.29, 0.717) is 17.0 Å². The molecule has 1 aromatic heterocycles. The Balaban J connectivity index is 1.26. The number of amides is 3. The Bertz CT molecular complexity index is 1280. The van der Waals surface area contributed by atoms with Gasteiger partial charge in [-0.3, -0.25) is 19.3 Å². The largest absolute Gasteiger partial charge is 0.495 e. The molecular weight excluding hydrogens is 396 g/mol. The van der Waals surface area contributed by atoms with Gasteiger partial charge in [-0.1, -0.05) is 30.4 Å². The minimum absolute atomic E-state index is 0.120. The molecule has 1 aliphatic heterocycles. The summed E-state index contributed by atoms with van der Waals surface area (Å²) in [6.07, 6.45) is 4.93. The van der Waals surface area contributed by atoms with E-state index < -0.39 is 5.91 Å². The highest BCUT2D eigenvalue weighted by Gasteiger charge is 2.59. The van der Waals surface area contributed by atoms with E-state index in [4.69, 9.17) is 9.15 Å². The van der Waals surface area contributed by atoms with Crippen molar-refractivity contribution in [2.24, 2.45) is 23.7 Å². The van der Waals surface area contributed by atoms with Gasteiger partial charge >= 0.3 is 0 Å². The standard InChI is InChI=1S/C24H20N2O5/c1-30-19-9-15-14-4-2-3-5-17(14)31-18(15)10-16(19)25-20(27)11-26-23(28)21-12-6-7-13(8-12)22(21)24(26)29/h2-7,9-10,12-13,21-22H,8,11H2,1H3,(H,25,27)/t12-,13-,21+,22+/m1/s1. The molecule has 7 heteroatoms. The van der Waals surface area contributed by atoms with Crippen molar-refractivity contribution < 1.29 is 23.5 Å². The Morgan fingerprint density at radius 1 is 1.06 bits per heavy atom. The summed E-state index contributed by atoms with van der Waals surface area (Å²) >= 11 is 0. The minimum Gasteiger partial charge on any atom is -0.495 e. The van der Waals surface area contributed by atoms with Crippen molar-refractivity contribution >= 4 is 45.3 Å². The van der Waals surface area contributed by atoms with Gasteiger partial charge in [0.15, 0.2) is 0 Å². The molecule has 0 radical (unpaired) electrons. The van der Waals surface area contributed by atoms with Crippen molar-refractivity contribution in [3.05, 3.63) is 48.6 Å². The first-order valence-corrected chi connectivity index (χ1v) is 10.4. The molecule has 0 spiro atoms. The average Bonchev–Trinajstić information content (AvgIpc) is 3.52. The molecule has 3 aliphatic rings. The Kier molecular flexibility index (Phi) is 3.78. The summed E-state index contributed by atoms with van der Waals surface area (Å²) in [5.74, 6) is -0.816. The van der Waals surface area contributed by atoms with E-state index in [1.165, 1.54) is 7.11 Å². The topological polar surface area (TPSA) is 88.9 Å². The lowest BCUT2D eigenvalue weighted by Gasteiger charge is -2.17. The lowest BCUT2D eigenvalue weighted by atomic mass is 9.85. The van der Waals surface area contributed by atoms with Crippen LogP contribution < -0.4 is 10.1 Å². The molecule has 1 N–H and O–H groups in total. The second-order valence-corrected chi connectivity index (χ2v) is 8.46. The van der Waals surface area contributed by atoms with Crippen molar-refractivity contribution in [2.75, 3.05) is 19.0 Å². The number of ether oxygens (including phenoxy) is 1. The summed E-state index contributed by atoms with van der Waals surface area (Å²) in [7, 11) is 1.52. The first-order chi connectivity index (χ1) is 15.0. The van der Waals surface area contributed by atoms with Gasteiger partial charge in [0.05, 0.1) is 24.6 Å². The van der Waals surface area contributed by atoms with Gasteiger partial charge in [-0.15, -0.1) is 0 Å². The van der Waals surface area contributed by atoms with Crippen LogP contribution in [0.3, 0.4) is 0 Å². The number of rotatable bonds is 4. The lowest BCUT2D eigenvalue weighted by molar-refractivity contribution is -0.143. The van der Waals surface area contributed by atoms with Crippen LogP contribution in [0.15, 0.2) is 53.0 Å². The third-order valence-corrected chi connectivity index (χ3v) is 6.84. The maximum atomic E-state index is 12.8. The van der Waals surface area contributed by atoms with Crippen molar-refractivity contribution in [2.45, 2.75) is 6.42 Å². The molecule has 3 amide bonds. The molecule has 2 aliphatic carbocycles. The number of allylic oxidation sites excluding steroid dienone is 2. The quantitative estimate of drug-likeness (QED) is 0.521. The van der Waals surface area contributed by atoms with Crippen LogP contribution in [0, 0.1) is 23.7 Å². The third kappa shape index (κ3) is 2.55. The third-order valence-electron chi connectivity index (χ3n) is 6.84. The number of carbonyl (C=O) groups excluding carboxylic acids is 3. The number of furan rings is 1. The number of benzene rings is 2. The normalized spacial score (nSPS) is 26.3. The number of fused-ring (bicyclic) bond motifs is 8. The fourth-order valence-corrected chi connectivity index (χ4v) is 5.47. The van der Waals surface area contributed by atoms with E-state index in [0.717, 1.165) is 27.7 Å². The highest BCUT2D eigenvalue weighted by Crippen LogP contribution is 2.52. The summed E-state index contributed by atoms with van der Waals surface area (Å²) in [5, 5.41) is 4.62. The number of hydrogen-bond acceptors (Lipinski definition) is 5. The Morgan fingerprint density at radius 2 is 1.77 bits per heavy atom. The molecular formula is C24H20N2O5. The van der Waals surface area contributed by atoms with E-state index in [1.807, 2.05) is 42.5 Å². The predicted octanol–water partition coefficient (Wildman–Crippen LogP) is 3.34. The smallest absolute Gasteiger partial charge is 0.244 e. The second-order valence-electron chi connectivity index (χ2n) is 8.46. The summed E-state index contributed by atoms with van der Waals surface area (Å²) in [4.78, 5) is 39.5. The van der Waals surface area contributed by atoms with Crippen LogP contribution in [0.25, 0.3) is 21.9 Å². The van der Waals surface area contributed by atoms with Crippen LogP contribution in [0.5, 0.6) is 5.75 Å². The maximum Gasteiger partial charge on any atom is 0.244 e. The fourth-order valence-electron chi connectivity index (χ4n) is 5.47. The molecule has 31 heavy (non-hydrogen) atoms. The molecule has 0 unspecified atom stereocenters. The van der Waals surface area contributed by atoms with Gasteiger partial charge < -0.3 is 14.5 Å². The molecule has 1 saturated carbocycles. The number of anilines is 1. The lowest BCUT2D eigenvalue weighted by Crippen LogP contribution is -2.39. The first kappa shape index (κ1) is 18.2. The number of hydrogen-bond donors (Lipinski definition) is 1. The van der Waals surface area contributed by atoms with Gasteiger partial charge in [0, 0.05) is 16.8 Å². The number of nitrogens with zero attached hydrogens (tertiary/aromatic N) is 1. The summed E-state index contributed by atoms with van der Waals surface area (Å²) < 4.78 is 11.4. The Morgan fingerprint density at radius 3 is 2.48 bits per heavy atom. The van der Waals surface area contributed by atoms with Crippen LogP contribution in [-0.2, 0) is 14.4 Å². The highest BCUT2D eigenvalue weighted by molar-refractivity contribution is 6.11. The number of carbonyl (C=O) groups is 3.